The average molecular weight is 364 g/mol. The molecule has 1 N–H and O–H groups in total. The highest BCUT2D eigenvalue weighted by Gasteiger charge is 2.45. The lowest BCUT2D eigenvalue weighted by Crippen LogP contribution is -2.54. The van der Waals surface area contributed by atoms with Gasteiger partial charge in [0.25, 0.3) is 5.91 Å². The Labute approximate surface area is 136 Å². The van der Waals surface area contributed by atoms with Crippen LogP contribution in [0.2, 0.25) is 10.0 Å². The molecule has 118 valence electrons. The molecule has 2 saturated heterocycles. The van der Waals surface area contributed by atoms with Crippen molar-refractivity contribution in [1.29, 1.82) is 0 Å². The fraction of sp³-hybridized carbons (Fsp3) is 0.333. The highest BCUT2D eigenvalue weighted by Crippen LogP contribution is 2.32. The number of hydrogen-bond donors (Lipinski definition) is 1. The number of halogens is 2. The maximum atomic E-state index is 12.7. The minimum atomic E-state index is -3.95. The van der Waals surface area contributed by atoms with Gasteiger partial charge in [0.05, 0.1) is 10.0 Å². The summed E-state index contributed by atoms with van der Waals surface area (Å²) in [5, 5.41) is 2.20. The van der Waals surface area contributed by atoms with Crippen LogP contribution in [-0.2, 0) is 14.8 Å². The van der Waals surface area contributed by atoms with Gasteiger partial charge < -0.3 is 4.90 Å². The monoisotopic (exact) mass is 363 g/mol. The first-order chi connectivity index (χ1) is 10.3. The molecule has 0 radical (unpaired) electrons. The molecule has 22 heavy (non-hydrogen) atoms. The van der Waals surface area contributed by atoms with E-state index in [9.17, 15) is 18.0 Å². The Bertz CT molecular complexity index is 747. The summed E-state index contributed by atoms with van der Waals surface area (Å²) < 4.78 is 26.6. The van der Waals surface area contributed by atoms with Gasteiger partial charge in [0.15, 0.2) is 0 Å². The molecule has 2 aliphatic heterocycles. The van der Waals surface area contributed by atoms with Crippen LogP contribution in [0.15, 0.2) is 23.1 Å². The average Bonchev–Trinajstić information content (AvgIpc) is 2.73. The van der Waals surface area contributed by atoms with E-state index in [1.165, 1.54) is 17.0 Å². The Morgan fingerprint density at radius 2 is 1.77 bits per heavy atom. The molecule has 1 aromatic rings. The Morgan fingerprint density at radius 1 is 1.14 bits per heavy atom. The highest BCUT2D eigenvalue weighted by atomic mass is 35.5. The summed E-state index contributed by atoms with van der Waals surface area (Å²) >= 11 is 11.9. The number of amides is 3. The SMILES string of the molecule is O=C1NC(=O)N2CCN(S(=O)(=O)c3c(Cl)cccc3Cl)CC12. The van der Waals surface area contributed by atoms with Crippen molar-refractivity contribution in [3.63, 3.8) is 0 Å². The van der Waals surface area contributed by atoms with Crippen LogP contribution < -0.4 is 5.32 Å². The zero-order chi connectivity index (χ0) is 16.1. The summed E-state index contributed by atoms with van der Waals surface area (Å²) in [6, 6.07) is 3.09. The number of rotatable bonds is 2. The first kappa shape index (κ1) is 15.5. The summed E-state index contributed by atoms with van der Waals surface area (Å²) in [5.74, 6) is -0.504. The van der Waals surface area contributed by atoms with Gasteiger partial charge in [0.1, 0.15) is 10.9 Å². The minimum Gasteiger partial charge on any atom is -0.310 e. The van der Waals surface area contributed by atoms with E-state index in [2.05, 4.69) is 5.32 Å². The maximum Gasteiger partial charge on any atom is 0.324 e. The summed E-state index contributed by atoms with van der Waals surface area (Å²) in [5.41, 5.74) is 0. The van der Waals surface area contributed by atoms with Crippen LogP contribution in [0.5, 0.6) is 0 Å². The number of piperazine rings is 1. The van der Waals surface area contributed by atoms with E-state index in [-0.39, 0.29) is 34.6 Å². The topological polar surface area (TPSA) is 86.8 Å². The zero-order valence-electron chi connectivity index (χ0n) is 11.1. The predicted octanol–water partition coefficient (Wildman–Crippen LogP) is 0.918. The normalized spacial score (nSPS) is 22.6. The molecular formula is C12H11Cl2N3O4S. The van der Waals surface area contributed by atoms with Crippen molar-refractivity contribution in [2.45, 2.75) is 10.9 Å². The smallest absolute Gasteiger partial charge is 0.310 e. The molecule has 2 fully saturated rings. The number of imide groups is 1. The Kier molecular flexibility index (Phi) is 3.80. The van der Waals surface area contributed by atoms with Crippen molar-refractivity contribution in [3.05, 3.63) is 28.2 Å². The van der Waals surface area contributed by atoms with Crippen molar-refractivity contribution < 1.29 is 18.0 Å². The predicted molar refractivity (Wildman–Crippen MR) is 79.3 cm³/mol. The van der Waals surface area contributed by atoms with Crippen molar-refractivity contribution in [2.24, 2.45) is 0 Å². The van der Waals surface area contributed by atoms with Gasteiger partial charge in [0.2, 0.25) is 10.0 Å². The van der Waals surface area contributed by atoms with Crippen LogP contribution in [0.3, 0.4) is 0 Å². The molecule has 1 atom stereocenters. The number of carbonyl (C=O) groups is 2. The van der Waals surface area contributed by atoms with Gasteiger partial charge in [0, 0.05) is 19.6 Å². The van der Waals surface area contributed by atoms with E-state index in [1.807, 2.05) is 0 Å². The van der Waals surface area contributed by atoms with Gasteiger partial charge in [-0.25, -0.2) is 13.2 Å². The third-order valence-corrected chi connectivity index (χ3v) is 6.47. The number of carbonyl (C=O) groups excluding carboxylic acids is 2. The van der Waals surface area contributed by atoms with E-state index in [0.29, 0.717) is 0 Å². The Hall–Kier alpha value is -1.35. The molecule has 1 unspecified atom stereocenters. The Balaban J connectivity index is 1.95. The fourth-order valence-electron chi connectivity index (χ4n) is 2.56. The summed E-state index contributed by atoms with van der Waals surface area (Å²) in [6.07, 6.45) is 0. The van der Waals surface area contributed by atoms with Crippen molar-refractivity contribution in [3.8, 4) is 0 Å². The molecule has 1 aromatic carbocycles. The van der Waals surface area contributed by atoms with E-state index >= 15 is 0 Å². The molecule has 7 nitrogen and oxygen atoms in total. The van der Waals surface area contributed by atoms with Crippen LogP contribution in [0.4, 0.5) is 4.79 Å². The fourth-order valence-corrected chi connectivity index (χ4v) is 5.09. The van der Waals surface area contributed by atoms with Gasteiger partial charge in [-0.1, -0.05) is 29.3 Å². The van der Waals surface area contributed by atoms with Crippen LogP contribution >= 0.6 is 23.2 Å². The number of urea groups is 1. The van der Waals surface area contributed by atoms with Crippen LogP contribution in [0, 0.1) is 0 Å². The lowest BCUT2D eigenvalue weighted by Gasteiger charge is -2.34. The summed E-state index contributed by atoms with van der Waals surface area (Å²) in [4.78, 5) is 24.4. The summed E-state index contributed by atoms with van der Waals surface area (Å²) in [6.45, 7) is 0.0755. The molecule has 2 aliphatic rings. The number of benzene rings is 1. The molecule has 0 aromatic heterocycles. The second-order valence-corrected chi connectivity index (χ2v) is 7.61. The third kappa shape index (κ3) is 2.36. The molecule has 3 rings (SSSR count). The molecular weight excluding hydrogens is 353 g/mol. The molecule has 0 aliphatic carbocycles. The number of hydrogen-bond acceptors (Lipinski definition) is 4. The van der Waals surface area contributed by atoms with Crippen LogP contribution in [0.1, 0.15) is 0 Å². The Morgan fingerprint density at radius 3 is 2.41 bits per heavy atom. The van der Waals surface area contributed by atoms with Crippen molar-refractivity contribution in [1.82, 2.24) is 14.5 Å². The van der Waals surface area contributed by atoms with E-state index in [4.69, 9.17) is 23.2 Å². The molecule has 2 heterocycles. The first-order valence-electron chi connectivity index (χ1n) is 6.38. The number of sulfonamides is 1. The maximum absolute atomic E-state index is 12.7. The number of nitrogens with one attached hydrogen (secondary N) is 1. The highest BCUT2D eigenvalue weighted by molar-refractivity contribution is 7.89. The van der Waals surface area contributed by atoms with E-state index < -0.39 is 28.0 Å². The number of fused-ring (bicyclic) bond motifs is 1. The molecule has 0 saturated carbocycles. The third-order valence-electron chi connectivity index (χ3n) is 3.65. The quantitative estimate of drug-likeness (QED) is 0.791. The first-order valence-corrected chi connectivity index (χ1v) is 8.57. The van der Waals surface area contributed by atoms with Crippen LogP contribution in [-0.4, -0.2) is 55.2 Å². The van der Waals surface area contributed by atoms with Crippen molar-refractivity contribution >= 4 is 45.2 Å². The van der Waals surface area contributed by atoms with Crippen LogP contribution in [0.25, 0.3) is 0 Å². The molecule has 3 amide bonds. The minimum absolute atomic E-state index is 0.0156. The van der Waals surface area contributed by atoms with E-state index in [0.717, 1.165) is 4.31 Å². The second-order valence-electron chi connectivity index (χ2n) is 4.92. The van der Waals surface area contributed by atoms with E-state index in [1.54, 1.807) is 6.07 Å². The number of nitrogens with zero attached hydrogens (tertiary/aromatic N) is 2. The van der Waals surface area contributed by atoms with Gasteiger partial charge in [-0.05, 0) is 12.1 Å². The van der Waals surface area contributed by atoms with Crippen molar-refractivity contribution in [2.75, 3.05) is 19.6 Å². The zero-order valence-corrected chi connectivity index (χ0v) is 13.5. The van der Waals surface area contributed by atoms with Gasteiger partial charge in [-0.3, -0.25) is 10.1 Å². The van der Waals surface area contributed by atoms with Gasteiger partial charge in [-0.15, -0.1) is 0 Å². The molecule has 0 bridgehead atoms. The molecule has 10 heteroatoms. The lowest BCUT2D eigenvalue weighted by molar-refractivity contribution is -0.122. The van der Waals surface area contributed by atoms with Gasteiger partial charge >= 0.3 is 6.03 Å². The molecule has 0 spiro atoms. The summed E-state index contributed by atoms with van der Waals surface area (Å²) in [7, 11) is -3.95. The lowest BCUT2D eigenvalue weighted by atomic mass is 10.2. The van der Waals surface area contributed by atoms with Gasteiger partial charge in [-0.2, -0.15) is 4.31 Å². The largest absolute Gasteiger partial charge is 0.324 e. The standard InChI is InChI=1S/C12H11Cl2N3O4S/c13-7-2-1-3-8(14)10(7)22(20,21)16-4-5-17-9(6-16)11(18)15-12(17)19/h1-3,9H,4-6H2,(H,15,18,19). The second kappa shape index (κ2) is 5.38.